The molecule has 0 aliphatic carbocycles. The summed E-state index contributed by atoms with van der Waals surface area (Å²) in [4.78, 5) is 13.0. The van der Waals surface area contributed by atoms with Gasteiger partial charge in [-0.1, -0.05) is 18.2 Å². The highest BCUT2D eigenvalue weighted by atomic mass is 32.2. The maximum absolute atomic E-state index is 11.4. The lowest BCUT2D eigenvalue weighted by atomic mass is 10.0. The topological polar surface area (TPSA) is 67.9 Å². The van der Waals surface area contributed by atoms with E-state index < -0.39 is 10.8 Å². The molecule has 1 unspecified atom stereocenters. The summed E-state index contributed by atoms with van der Waals surface area (Å²) >= 11 is 4.84. The van der Waals surface area contributed by atoms with E-state index in [2.05, 4.69) is 27.9 Å². The SMILES string of the molecule is Cc1cccc2cc(OCCS(C)=O)c(-c3nc4ncccc4[nH]3)c(S)c12. The molecule has 0 saturated heterocycles. The molecule has 7 heteroatoms. The molecule has 0 amide bonds. The number of hydrogen-bond acceptors (Lipinski definition) is 5. The van der Waals surface area contributed by atoms with Crippen LogP contribution in [0.1, 0.15) is 5.56 Å². The van der Waals surface area contributed by atoms with E-state index in [1.54, 1.807) is 12.5 Å². The minimum Gasteiger partial charge on any atom is -0.492 e. The Hall–Kier alpha value is -2.38. The van der Waals surface area contributed by atoms with E-state index in [1.807, 2.05) is 30.3 Å². The molecule has 4 rings (SSSR count). The summed E-state index contributed by atoms with van der Waals surface area (Å²) in [6.07, 6.45) is 3.38. The first-order chi connectivity index (χ1) is 13.0. The van der Waals surface area contributed by atoms with Crippen LogP contribution in [0.15, 0.2) is 47.5 Å². The Balaban J connectivity index is 1.93. The average Bonchev–Trinajstić information content (AvgIpc) is 3.04. The number of aryl methyl sites for hydroxylation is 1. The van der Waals surface area contributed by atoms with Crippen LogP contribution in [0.2, 0.25) is 0 Å². The van der Waals surface area contributed by atoms with E-state index in [0.717, 1.165) is 32.3 Å². The molecule has 0 fully saturated rings. The van der Waals surface area contributed by atoms with Crippen molar-refractivity contribution in [2.75, 3.05) is 18.6 Å². The van der Waals surface area contributed by atoms with Gasteiger partial charge in [-0.25, -0.2) is 9.97 Å². The molecule has 0 aliphatic heterocycles. The van der Waals surface area contributed by atoms with Gasteiger partial charge in [0.15, 0.2) is 5.65 Å². The van der Waals surface area contributed by atoms with Crippen molar-refractivity contribution in [3.63, 3.8) is 0 Å². The lowest BCUT2D eigenvalue weighted by Gasteiger charge is -2.15. The van der Waals surface area contributed by atoms with Gasteiger partial charge >= 0.3 is 0 Å². The third-order valence-corrected chi connectivity index (χ3v) is 5.62. The van der Waals surface area contributed by atoms with Crippen LogP contribution in [-0.2, 0) is 10.8 Å². The Morgan fingerprint density at radius 3 is 2.89 bits per heavy atom. The van der Waals surface area contributed by atoms with Gasteiger partial charge in [-0.2, -0.15) is 0 Å². The number of rotatable bonds is 5. The van der Waals surface area contributed by atoms with Crippen molar-refractivity contribution in [2.45, 2.75) is 11.8 Å². The van der Waals surface area contributed by atoms with E-state index in [4.69, 9.17) is 17.4 Å². The van der Waals surface area contributed by atoms with E-state index in [9.17, 15) is 4.21 Å². The number of fused-ring (bicyclic) bond motifs is 2. The predicted octanol–water partition coefficient (Wildman–Crippen LogP) is 4.13. The zero-order valence-corrected chi connectivity index (χ0v) is 16.7. The highest BCUT2D eigenvalue weighted by Crippen LogP contribution is 2.41. The number of hydrogen-bond donors (Lipinski definition) is 2. The van der Waals surface area contributed by atoms with Crippen LogP contribution in [0.25, 0.3) is 33.3 Å². The minimum absolute atomic E-state index is 0.360. The van der Waals surface area contributed by atoms with Gasteiger partial charge in [-0.05, 0) is 41.5 Å². The number of aromatic nitrogens is 3. The molecule has 4 aromatic rings. The zero-order chi connectivity index (χ0) is 19.0. The summed E-state index contributed by atoms with van der Waals surface area (Å²) in [6, 6.07) is 11.9. The van der Waals surface area contributed by atoms with Crippen molar-refractivity contribution >= 4 is 45.4 Å². The lowest BCUT2D eigenvalue weighted by Crippen LogP contribution is -2.08. The fourth-order valence-electron chi connectivity index (χ4n) is 3.16. The third-order valence-electron chi connectivity index (χ3n) is 4.43. The van der Waals surface area contributed by atoms with Gasteiger partial charge in [0.2, 0.25) is 0 Å². The Morgan fingerprint density at radius 2 is 2.11 bits per heavy atom. The van der Waals surface area contributed by atoms with Crippen LogP contribution in [0.3, 0.4) is 0 Å². The van der Waals surface area contributed by atoms with Crippen LogP contribution >= 0.6 is 12.6 Å². The molecule has 0 radical (unpaired) electrons. The standard InChI is InChI=1S/C20H19N3O2S2/c1-12-5-3-6-13-11-15(25-9-10-27(2)24)17(18(26)16(12)13)20-22-14-7-4-8-21-19(14)23-20/h3-8,11,26H,9-10H2,1-2H3,(H,21,22,23). The smallest absolute Gasteiger partial charge is 0.178 e. The molecule has 0 spiro atoms. The van der Waals surface area contributed by atoms with Gasteiger partial charge in [0.25, 0.3) is 0 Å². The molecule has 0 saturated carbocycles. The molecule has 2 heterocycles. The van der Waals surface area contributed by atoms with Gasteiger partial charge in [0.05, 0.1) is 23.4 Å². The number of imidazole rings is 1. The maximum atomic E-state index is 11.4. The molecule has 2 aromatic carbocycles. The molecular weight excluding hydrogens is 378 g/mol. The molecule has 1 N–H and O–H groups in total. The first kappa shape index (κ1) is 18.0. The second kappa shape index (κ2) is 7.32. The number of benzene rings is 2. The van der Waals surface area contributed by atoms with Crippen molar-refractivity contribution in [1.82, 2.24) is 15.0 Å². The second-order valence-electron chi connectivity index (χ2n) is 6.36. The number of thiol groups is 1. The van der Waals surface area contributed by atoms with Crippen LogP contribution in [0, 0.1) is 6.92 Å². The number of nitrogens with one attached hydrogen (secondary N) is 1. The van der Waals surface area contributed by atoms with Gasteiger partial charge < -0.3 is 9.72 Å². The van der Waals surface area contributed by atoms with Gasteiger partial charge in [-0.3, -0.25) is 4.21 Å². The predicted molar refractivity (Wildman–Crippen MR) is 113 cm³/mol. The Kier molecular flexibility index (Phi) is 4.88. The Labute approximate surface area is 165 Å². The van der Waals surface area contributed by atoms with Crippen LogP contribution < -0.4 is 4.74 Å². The first-order valence-corrected chi connectivity index (χ1v) is 10.7. The summed E-state index contributed by atoms with van der Waals surface area (Å²) in [7, 11) is -0.916. The van der Waals surface area contributed by atoms with E-state index in [0.29, 0.717) is 29.6 Å². The van der Waals surface area contributed by atoms with Crippen molar-refractivity contribution < 1.29 is 8.95 Å². The average molecular weight is 398 g/mol. The summed E-state index contributed by atoms with van der Waals surface area (Å²) < 4.78 is 17.4. The minimum atomic E-state index is -0.916. The van der Waals surface area contributed by atoms with E-state index in [-0.39, 0.29) is 0 Å². The quantitative estimate of drug-likeness (QED) is 0.497. The fraction of sp³-hybridized carbons (Fsp3) is 0.200. The van der Waals surface area contributed by atoms with Crippen LogP contribution in [-0.4, -0.2) is 37.8 Å². The van der Waals surface area contributed by atoms with Gasteiger partial charge in [-0.15, -0.1) is 12.6 Å². The molecule has 5 nitrogen and oxygen atoms in total. The van der Waals surface area contributed by atoms with E-state index >= 15 is 0 Å². The molecule has 0 aliphatic rings. The summed E-state index contributed by atoms with van der Waals surface area (Å²) in [5.74, 6) is 1.80. The van der Waals surface area contributed by atoms with Gasteiger partial charge in [0.1, 0.15) is 11.6 Å². The highest BCUT2D eigenvalue weighted by molar-refractivity contribution is 7.84. The van der Waals surface area contributed by atoms with Gasteiger partial charge in [0, 0.05) is 28.1 Å². The van der Waals surface area contributed by atoms with Crippen LogP contribution in [0.4, 0.5) is 0 Å². The van der Waals surface area contributed by atoms with E-state index in [1.165, 1.54) is 0 Å². The first-order valence-electron chi connectivity index (χ1n) is 8.54. The molecule has 27 heavy (non-hydrogen) atoms. The van der Waals surface area contributed by atoms with Crippen molar-refractivity contribution in [3.05, 3.63) is 48.2 Å². The summed E-state index contributed by atoms with van der Waals surface area (Å²) in [5, 5.41) is 2.11. The number of aromatic amines is 1. The summed E-state index contributed by atoms with van der Waals surface area (Å²) in [5.41, 5.74) is 3.42. The maximum Gasteiger partial charge on any atom is 0.178 e. The molecule has 138 valence electrons. The largest absolute Gasteiger partial charge is 0.492 e. The van der Waals surface area contributed by atoms with Crippen molar-refractivity contribution in [2.24, 2.45) is 0 Å². The Morgan fingerprint density at radius 1 is 1.26 bits per heavy atom. The zero-order valence-electron chi connectivity index (χ0n) is 15.0. The van der Waals surface area contributed by atoms with Crippen molar-refractivity contribution in [3.8, 4) is 17.1 Å². The van der Waals surface area contributed by atoms with Crippen LogP contribution in [0.5, 0.6) is 5.75 Å². The number of H-pyrrole nitrogens is 1. The molecule has 0 bridgehead atoms. The molecule has 2 aromatic heterocycles. The Bertz CT molecular complexity index is 1140. The molecular formula is C20H19N3O2S2. The molecule has 1 atom stereocenters. The third kappa shape index (κ3) is 3.44. The summed E-state index contributed by atoms with van der Waals surface area (Å²) in [6.45, 7) is 2.42. The second-order valence-corrected chi connectivity index (χ2v) is 8.36. The number of nitrogens with zero attached hydrogens (tertiary/aromatic N) is 2. The lowest BCUT2D eigenvalue weighted by molar-refractivity contribution is 0.344. The monoisotopic (exact) mass is 397 g/mol. The van der Waals surface area contributed by atoms with Crippen molar-refractivity contribution in [1.29, 1.82) is 0 Å². The number of ether oxygens (including phenoxy) is 1. The normalized spacial score (nSPS) is 12.6. The fourth-order valence-corrected chi connectivity index (χ4v) is 4.00. The number of pyridine rings is 1. The highest BCUT2D eigenvalue weighted by Gasteiger charge is 2.19.